The summed E-state index contributed by atoms with van der Waals surface area (Å²) in [6.45, 7) is 1.37. The molecule has 0 saturated carbocycles. The Bertz CT molecular complexity index is 677. The Labute approximate surface area is 143 Å². The molecule has 2 bridgehead atoms. The first-order valence-corrected chi connectivity index (χ1v) is 9.20. The van der Waals surface area contributed by atoms with E-state index in [0.29, 0.717) is 24.4 Å². The Kier molecular flexibility index (Phi) is 4.81. The van der Waals surface area contributed by atoms with Crippen LogP contribution in [-0.4, -0.2) is 72.5 Å². The van der Waals surface area contributed by atoms with Gasteiger partial charge in [-0.05, 0) is 25.8 Å². The van der Waals surface area contributed by atoms with Gasteiger partial charge in [-0.1, -0.05) is 0 Å². The van der Waals surface area contributed by atoms with Gasteiger partial charge in [-0.3, -0.25) is 25.0 Å². The number of fused-ring (bicyclic) bond motifs is 2. The third-order valence-corrected chi connectivity index (χ3v) is 4.89. The van der Waals surface area contributed by atoms with Crippen LogP contribution in [0.15, 0.2) is 0 Å². The maximum absolute atomic E-state index is 12.3. The smallest absolute Gasteiger partial charge is 0.316 e. The van der Waals surface area contributed by atoms with Crippen molar-refractivity contribution in [1.82, 2.24) is 26.1 Å². The van der Waals surface area contributed by atoms with Crippen molar-refractivity contribution < 1.29 is 31.6 Å². The third kappa shape index (κ3) is 3.84. The van der Waals surface area contributed by atoms with Crippen LogP contribution in [0.3, 0.4) is 0 Å². The lowest BCUT2D eigenvalue weighted by atomic mass is 10.0. The predicted molar refractivity (Wildman–Crippen MR) is 80.6 cm³/mol. The van der Waals surface area contributed by atoms with Gasteiger partial charge in [0, 0.05) is 13.1 Å². The summed E-state index contributed by atoms with van der Waals surface area (Å²) in [6.07, 6.45) is 1.27. The van der Waals surface area contributed by atoms with Gasteiger partial charge < -0.3 is 10.2 Å². The number of hydrazine groups is 1. The summed E-state index contributed by atoms with van der Waals surface area (Å²) in [5.74, 6) is -1.10. The zero-order chi connectivity index (χ0) is 18.2. The molecule has 3 aliphatic heterocycles. The van der Waals surface area contributed by atoms with Crippen LogP contribution in [-0.2, 0) is 24.3 Å². The number of carbonyl (C=O) groups excluding carboxylic acids is 3. The Morgan fingerprint density at radius 1 is 1.20 bits per heavy atom. The molecular weight excluding hydrogens is 358 g/mol. The van der Waals surface area contributed by atoms with Crippen LogP contribution < -0.4 is 16.2 Å². The number of rotatable bonds is 4. The fourth-order valence-corrected chi connectivity index (χ4v) is 3.68. The maximum Gasteiger partial charge on any atom is 0.418 e. The van der Waals surface area contributed by atoms with Gasteiger partial charge in [0.25, 0.3) is 5.91 Å². The fourth-order valence-electron chi connectivity index (χ4n) is 3.29. The summed E-state index contributed by atoms with van der Waals surface area (Å²) < 4.78 is 34.7. The lowest BCUT2D eigenvalue weighted by molar-refractivity contribution is -0.133. The van der Waals surface area contributed by atoms with Gasteiger partial charge in [0.1, 0.15) is 6.04 Å². The van der Waals surface area contributed by atoms with Crippen molar-refractivity contribution in [2.45, 2.75) is 31.3 Å². The number of hydrogen-bond acceptors (Lipinski definition) is 7. The predicted octanol–water partition coefficient (Wildman–Crippen LogP) is -2.25. The summed E-state index contributed by atoms with van der Waals surface area (Å²) in [4.78, 5) is 37.5. The second-order valence-electron chi connectivity index (χ2n) is 6.18. The Hall–Kier alpha value is -1.96. The molecule has 3 fully saturated rings. The first kappa shape index (κ1) is 17.8. The van der Waals surface area contributed by atoms with Crippen LogP contribution >= 0.6 is 0 Å². The van der Waals surface area contributed by atoms with Gasteiger partial charge in [0.05, 0.1) is 12.0 Å². The standard InChI is InChI=1S/C12H19N5O7S/c18-10(7-3-4-13-5-7)14-15-11(19)9-2-1-8-6-16(9)12(20)17(8)24-25(21,22)23/h7-9,13H,1-6H2,(H,14,18)(H,15,19)(H,21,22,23)/t7-,8-,9-/m1/s1. The van der Waals surface area contributed by atoms with E-state index in [1.165, 1.54) is 0 Å². The number of nitrogens with zero attached hydrogens (tertiary/aromatic N) is 2. The Balaban J connectivity index is 1.57. The second-order valence-corrected chi connectivity index (χ2v) is 7.18. The molecule has 0 spiro atoms. The van der Waals surface area contributed by atoms with E-state index in [4.69, 9.17) is 4.55 Å². The molecule has 140 valence electrons. The highest BCUT2D eigenvalue weighted by Crippen LogP contribution is 2.30. The fraction of sp³-hybridized carbons (Fsp3) is 0.750. The molecule has 3 saturated heterocycles. The van der Waals surface area contributed by atoms with Gasteiger partial charge in [-0.25, -0.2) is 4.79 Å². The average molecular weight is 377 g/mol. The first-order valence-electron chi connectivity index (χ1n) is 7.83. The highest BCUT2D eigenvalue weighted by Gasteiger charge is 2.49. The summed E-state index contributed by atoms with van der Waals surface area (Å²) in [7, 11) is -4.83. The molecule has 25 heavy (non-hydrogen) atoms. The number of hydroxylamine groups is 2. The molecule has 0 aliphatic carbocycles. The van der Waals surface area contributed by atoms with E-state index in [1.807, 2.05) is 0 Å². The molecule has 3 heterocycles. The van der Waals surface area contributed by atoms with E-state index in [9.17, 15) is 22.8 Å². The van der Waals surface area contributed by atoms with E-state index < -0.39 is 34.4 Å². The van der Waals surface area contributed by atoms with Crippen molar-refractivity contribution in [2.24, 2.45) is 5.92 Å². The van der Waals surface area contributed by atoms with Gasteiger partial charge >= 0.3 is 16.4 Å². The minimum absolute atomic E-state index is 0.0902. The largest absolute Gasteiger partial charge is 0.418 e. The van der Waals surface area contributed by atoms with E-state index in [1.54, 1.807) is 0 Å². The quantitative estimate of drug-likeness (QED) is 0.316. The third-order valence-electron chi connectivity index (χ3n) is 4.54. The minimum Gasteiger partial charge on any atom is -0.316 e. The molecule has 13 heteroatoms. The van der Waals surface area contributed by atoms with Gasteiger partial charge in [-0.15, -0.1) is 4.28 Å². The molecule has 3 atom stereocenters. The topological polar surface area (TPSA) is 157 Å². The van der Waals surface area contributed by atoms with E-state index in [2.05, 4.69) is 20.5 Å². The molecule has 4 N–H and O–H groups in total. The molecule has 0 radical (unpaired) electrons. The highest BCUT2D eigenvalue weighted by molar-refractivity contribution is 7.80. The van der Waals surface area contributed by atoms with Crippen LogP contribution in [0.4, 0.5) is 4.79 Å². The molecule has 0 aromatic carbocycles. The molecule has 3 rings (SSSR count). The number of piperidine rings is 1. The highest BCUT2D eigenvalue weighted by atomic mass is 32.3. The van der Waals surface area contributed by atoms with Crippen LogP contribution in [0.5, 0.6) is 0 Å². The molecule has 0 aromatic heterocycles. The lowest BCUT2D eigenvalue weighted by Crippen LogP contribution is -2.55. The molecule has 12 nitrogen and oxygen atoms in total. The normalized spacial score (nSPS) is 29.0. The zero-order valence-corrected chi connectivity index (χ0v) is 14.0. The zero-order valence-electron chi connectivity index (χ0n) is 13.2. The second kappa shape index (κ2) is 6.74. The summed E-state index contributed by atoms with van der Waals surface area (Å²) in [5, 5.41) is 3.60. The van der Waals surface area contributed by atoms with E-state index in [0.717, 1.165) is 11.4 Å². The van der Waals surface area contributed by atoms with Gasteiger partial charge in [-0.2, -0.15) is 13.5 Å². The van der Waals surface area contributed by atoms with Crippen LogP contribution in [0.25, 0.3) is 0 Å². The van der Waals surface area contributed by atoms with E-state index >= 15 is 0 Å². The first-order chi connectivity index (χ1) is 11.8. The van der Waals surface area contributed by atoms with Crippen molar-refractivity contribution in [3.63, 3.8) is 0 Å². The summed E-state index contributed by atoms with van der Waals surface area (Å²) >= 11 is 0. The van der Waals surface area contributed by atoms with Gasteiger partial charge in [0.15, 0.2) is 0 Å². The lowest BCUT2D eigenvalue weighted by Gasteiger charge is -2.29. The number of amides is 4. The Morgan fingerprint density at radius 3 is 2.56 bits per heavy atom. The van der Waals surface area contributed by atoms with Crippen molar-refractivity contribution >= 4 is 28.2 Å². The van der Waals surface area contributed by atoms with Crippen molar-refractivity contribution in [3.8, 4) is 0 Å². The van der Waals surface area contributed by atoms with Crippen molar-refractivity contribution in [1.29, 1.82) is 0 Å². The van der Waals surface area contributed by atoms with Crippen LogP contribution in [0.1, 0.15) is 19.3 Å². The molecule has 4 amide bonds. The SMILES string of the molecule is O=C(NNC(=O)[C@H]1CC[C@@H]2CN1C(=O)N2OS(=O)(=O)O)[C@@H]1CCNC1. The van der Waals surface area contributed by atoms with E-state index in [-0.39, 0.29) is 24.8 Å². The average Bonchev–Trinajstić information content (AvgIpc) is 3.16. The van der Waals surface area contributed by atoms with Gasteiger partial charge in [0.2, 0.25) is 5.91 Å². The molecule has 3 aliphatic rings. The number of carbonyl (C=O) groups is 3. The number of hydrogen-bond donors (Lipinski definition) is 4. The maximum atomic E-state index is 12.3. The Morgan fingerprint density at radius 2 is 1.92 bits per heavy atom. The summed E-state index contributed by atoms with van der Waals surface area (Å²) in [5.41, 5.74) is 4.66. The summed E-state index contributed by atoms with van der Waals surface area (Å²) in [6, 6.07) is -2.26. The minimum atomic E-state index is -4.83. The number of urea groups is 1. The van der Waals surface area contributed by atoms with Crippen LogP contribution in [0.2, 0.25) is 0 Å². The van der Waals surface area contributed by atoms with Crippen molar-refractivity contribution in [3.05, 3.63) is 0 Å². The monoisotopic (exact) mass is 377 g/mol. The van der Waals surface area contributed by atoms with Crippen LogP contribution in [0, 0.1) is 5.92 Å². The van der Waals surface area contributed by atoms with Crippen molar-refractivity contribution in [2.75, 3.05) is 19.6 Å². The molecule has 0 aromatic rings. The number of nitrogens with one attached hydrogen (secondary N) is 3. The molecule has 0 unspecified atom stereocenters. The molecular formula is C12H19N5O7S.